The molecule has 2 aromatic carbocycles. The molecule has 7 nitrogen and oxygen atoms in total. The lowest BCUT2D eigenvalue weighted by atomic mass is 9.98. The average Bonchev–Trinajstić information content (AvgIpc) is 3.11. The molecule has 1 unspecified atom stereocenters. The number of rotatable bonds is 10. The van der Waals surface area contributed by atoms with Gasteiger partial charge in [-0.05, 0) is 42.5 Å². The van der Waals surface area contributed by atoms with E-state index in [4.69, 9.17) is 9.84 Å². The number of nitrogens with zero attached hydrogens (tertiary/aromatic N) is 1. The molecular formula is C26H32N2O5. The molecule has 0 bridgehead atoms. The monoisotopic (exact) mass is 452 g/mol. The van der Waals surface area contributed by atoms with Crippen LogP contribution in [0.2, 0.25) is 0 Å². The van der Waals surface area contributed by atoms with Crippen molar-refractivity contribution in [2.75, 3.05) is 13.2 Å². The van der Waals surface area contributed by atoms with Gasteiger partial charge in [0.15, 0.2) is 0 Å². The fourth-order valence-corrected chi connectivity index (χ4v) is 4.58. The lowest BCUT2D eigenvalue weighted by Gasteiger charge is -2.31. The Morgan fingerprint density at radius 2 is 1.61 bits per heavy atom. The van der Waals surface area contributed by atoms with E-state index in [0.717, 1.165) is 22.3 Å². The summed E-state index contributed by atoms with van der Waals surface area (Å²) in [6.45, 7) is 5.95. The number of carboxylic acid groups (broad SMARTS) is 1. The fraction of sp³-hybridized carbons (Fsp3) is 0.423. The molecule has 7 heteroatoms. The first-order valence-corrected chi connectivity index (χ1v) is 11.5. The number of alkyl carbamates (subject to hydrolysis) is 1. The van der Waals surface area contributed by atoms with Crippen molar-refractivity contribution in [1.82, 2.24) is 10.2 Å². The van der Waals surface area contributed by atoms with Crippen LogP contribution in [0.5, 0.6) is 0 Å². The van der Waals surface area contributed by atoms with Gasteiger partial charge in [0.1, 0.15) is 12.6 Å². The van der Waals surface area contributed by atoms with Crippen LogP contribution < -0.4 is 5.32 Å². The maximum atomic E-state index is 13.1. The molecule has 176 valence electrons. The second kappa shape index (κ2) is 11.0. The minimum atomic E-state index is -0.967. The quantitative estimate of drug-likeness (QED) is 0.557. The summed E-state index contributed by atoms with van der Waals surface area (Å²) < 4.78 is 5.59. The molecule has 2 aromatic rings. The molecule has 0 saturated heterocycles. The van der Waals surface area contributed by atoms with Crippen molar-refractivity contribution in [1.29, 1.82) is 0 Å². The van der Waals surface area contributed by atoms with E-state index in [-0.39, 0.29) is 24.9 Å². The summed E-state index contributed by atoms with van der Waals surface area (Å²) in [5.74, 6) is -1.32. The van der Waals surface area contributed by atoms with Crippen LogP contribution in [0.15, 0.2) is 48.5 Å². The lowest BCUT2D eigenvalue weighted by molar-refractivity contribution is -0.141. The minimum absolute atomic E-state index is 0.0637. The third-order valence-electron chi connectivity index (χ3n) is 6.14. The summed E-state index contributed by atoms with van der Waals surface area (Å²) >= 11 is 0. The fourth-order valence-electron chi connectivity index (χ4n) is 4.58. The number of amides is 2. The standard InChI is InChI=1S/C26H32N2O5/c1-4-10-23(25(31)28(5-2)17(3)15-24(29)30)27-26(32)33-16-22-20-13-8-6-11-18(20)19-12-7-9-14-21(19)22/h6-9,11-14,17,22-23H,4-5,10,15-16H2,1-3H3,(H,27,32)(H,29,30)/t17?,23-/m1/s1. The first-order chi connectivity index (χ1) is 15.9. The van der Waals surface area contributed by atoms with Gasteiger partial charge in [0, 0.05) is 18.5 Å². The summed E-state index contributed by atoms with van der Waals surface area (Å²) in [7, 11) is 0. The maximum Gasteiger partial charge on any atom is 0.407 e. The number of ether oxygens (including phenoxy) is 1. The van der Waals surface area contributed by atoms with Crippen molar-refractivity contribution in [2.24, 2.45) is 0 Å². The summed E-state index contributed by atoms with van der Waals surface area (Å²) in [4.78, 5) is 38.3. The van der Waals surface area contributed by atoms with Crippen molar-refractivity contribution in [3.05, 3.63) is 59.7 Å². The molecule has 3 rings (SSSR count). The van der Waals surface area contributed by atoms with Crippen LogP contribution in [-0.2, 0) is 14.3 Å². The maximum absolute atomic E-state index is 13.1. The Bertz CT molecular complexity index is 960. The molecule has 0 aromatic heterocycles. The summed E-state index contributed by atoms with van der Waals surface area (Å²) in [6.07, 6.45) is 0.332. The zero-order valence-corrected chi connectivity index (χ0v) is 19.4. The van der Waals surface area contributed by atoms with Gasteiger partial charge in [-0.3, -0.25) is 9.59 Å². The molecule has 0 saturated carbocycles. The minimum Gasteiger partial charge on any atom is -0.481 e. The van der Waals surface area contributed by atoms with Crippen LogP contribution in [0.25, 0.3) is 11.1 Å². The molecule has 0 fully saturated rings. The average molecular weight is 453 g/mol. The van der Waals surface area contributed by atoms with Gasteiger partial charge < -0.3 is 20.1 Å². The van der Waals surface area contributed by atoms with Gasteiger partial charge in [0.05, 0.1) is 6.42 Å². The molecule has 1 aliphatic carbocycles. The van der Waals surface area contributed by atoms with E-state index in [1.165, 1.54) is 4.90 Å². The van der Waals surface area contributed by atoms with Gasteiger partial charge >= 0.3 is 12.1 Å². The number of fused-ring (bicyclic) bond motifs is 3. The molecule has 0 aliphatic heterocycles. The van der Waals surface area contributed by atoms with E-state index < -0.39 is 24.1 Å². The first-order valence-electron chi connectivity index (χ1n) is 11.5. The highest BCUT2D eigenvalue weighted by atomic mass is 16.5. The van der Waals surface area contributed by atoms with E-state index in [9.17, 15) is 14.4 Å². The Labute approximate surface area is 194 Å². The van der Waals surface area contributed by atoms with E-state index in [1.54, 1.807) is 13.8 Å². The zero-order chi connectivity index (χ0) is 24.0. The number of benzene rings is 2. The molecular weight excluding hydrogens is 420 g/mol. The summed E-state index contributed by atoms with van der Waals surface area (Å²) in [5.41, 5.74) is 4.53. The SMILES string of the molecule is CCC[C@@H](NC(=O)OCC1c2ccccc2-c2ccccc21)C(=O)N(CC)C(C)CC(=O)O. The summed E-state index contributed by atoms with van der Waals surface area (Å²) in [5, 5.41) is 11.8. The second-order valence-corrected chi connectivity index (χ2v) is 8.38. The Morgan fingerprint density at radius 3 is 2.12 bits per heavy atom. The molecule has 2 atom stereocenters. The summed E-state index contributed by atoms with van der Waals surface area (Å²) in [6, 6.07) is 15.0. The Balaban J connectivity index is 1.67. The van der Waals surface area contributed by atoms with E-state index in [0.29, 0.717) is 19.4 Å². The zero-order valence-electron chi connectivity index (χ0n) is 19.4. The van der Waals surface area contributed by atoms with Crippen LogP contribution in [0.3, 0.4) is 0 Å². The van der Waals surface area contributed by atoms with Gasteiger partial charge in [-0.2, -0.15) is 0 Å². The number of aliphatic carboxylic acids is 1. The topological polar surface area (TPSA) is 95.9 Å². The second-order valence-electron chi connectivity index (χ2n) is 8.38. The number of nitrogens with one attached hydrogen (secondary N) is 1. The molecule has 0 heterocycles. The number of hydrogen-bond donors (Lipinski definition) is 2. The highest BCUT2D eigenvalue weighted by molar-refractivity contribution is 5.86. The third-order valence-corrected chi connectivity index (χ3v) is 6.14. The number of carbonyl (C=O) groups is 3. The van der Waals surface area contributed by atoms with Crippen molar-refractivity contribution < 1.29 is 24.2 Å². The Kier molecular flexibility index (Phi) is 8.09. The molecule has 0 spiro atoms. The molecule has 2 N–H and O–H groups in total. The van der Waals surface area contributed by atoms with Crippen molar-refractivity contribution in [3.8, 4) is 11.1 Å². The van der Waals surface area contributed by atoms with Gasteiger partial charge in [0.2, 0.25) is 5.91 Å². The normalized spacial score (nSPS) is 14.0. The number of carboxylic acids is 1. The van der Waals surface area contributed by atoms with Gasteiger partial charge in [-0.15, -0.1) is 0 Å². The van der Waals surface area contributed by atoms with Crippen molar-refractivity contribution in [3.63, 3.8) is 0 Å². The molecule has 0 radical (unpaired) electrons. The Morgan fingerprint density at radius 1 is 1.03 bits per heavy atom. The van der Waals surface area contributed by atoms with Gasteiger partial charge in [-0.1, -0.05) is 61.9 Å². The van der Waals surface area contributed by atoms with Crippen LogP contribution in [0.1, 0.15) is 57.1 Å². The van der Waals surface area contributed by atoms with E-state index in [1.807, 2.05) is 43.3 Å². The number of likely N-dealkylation sites (N-methyl/N-ethyl adjacent to an activating group) is 1. The third kappa shape index (κ3) is 5.53. The smallest absolute Gasteiger partial charge is 0.407 e. The van der Waals surface area contributed by atoms with Gasteiger partial charge in [-0.25, -0.2) is 4.79 Å². The highest BCUT2D eigenvalue weighted by Crippen LogP contribution is 2.44. The van der Waals surface area contributed by atoms with E-state index in [2.05, 4.69) is 17.4 Å². The predicted molar refractivity (Wildman–Crippen MR) is 126 cm³/mol. The largest absolute Gasteiger partial charge is 0.481 e. The van der Waals surface area contributed by atoms with Crippen LogP contribution in [0, 0.1) is 0 Å². The molecule has 33 heavy (non-hydrogen) atoms. The highest BCUT2D eigenvalue weighted by Gasteiger charge is 2.31. The lowest BCUT2D eigenvalue weighted by Crippen LogP contribution is -2.51. The van der Waals surface area contributed by atoms with Crippen LogP contribution in [0.4, 0.5) is 4.79 Å². The molecule has 1 aliphatic rings. The van der Waals surface area contributed by atoms with Crippen molar-refractivity contribution >= 4 is 18.0 Å². The van der Waals surface area contributed by atoms with E-state index >= 15 is 0 Å². The van der Waals surface area contributed by atoms with Crippen molar-refractivity contribution in [2.45, 2.75) is 58.0 Å². The Hall–Kier alpha value is -3.35. The van der Waals surface area contributed by atoms with Crippen LogP contribution in [-0.4, -0.2) is 53.2 Å². The first kappa shape index (κ1) is 24.3. The predicted octanol–water partition coefficient (Wildman–Crippen LogP) is 4.41. The molecule has 2 amide bonds. The van der Waals surface area contributed by atoms with Crippen LogP contribution >= 0.6 is 0 Å². The van der Waals surface area contributed by atoms with Gasteiger partial charge in [0.25, 0.3) is 0 Å². The number of hydrogen-bond acceptors (Lipinski definition) is 4. The number of carbonyl (C=O) groups excluding carboxylic acids is 2.